The van der Waals surface area contributed by atoms with E-state index in [1.165, 1.54) is 0 Å². The summed E-state index contributed by atoms with van der Waals surface area (Å²) in [6.07, 6.45) is 7.65. The molecule has 0 saturated carbocycles. The van der Waals surface area contributed by atoms with Crippen LogP contribution in [0, 0.1) is 0 Å². The van der Waals surface area contributed by atoms with E-state index in [9.17, 15) is 4.79 Å². The molecule has 1 amide bonds. The molecule has 3 heterocycles. The summed E-state index contributed by atoms with van der Waals surface area (Å²) in [6, 6.07) is 2.18. The molecule has 0 spiro atoms. The molecular formula is C18H25N5O2. The monoisotopic (exact) mass is 343 g/mol. The second-order valence-corrected chi connectivity index (χ2v) is 6.35. The van der Waals surface area contributed by atoms with E-state index in [1.54, 1.807) is 12.6 Å². The van der Waals surface area contributed by atoms with Gasteiger partial charge in [-0.15, -0.1) is 0 Å². The molecule has 0 aliphatic carbocycles. The van der Waals surface area contributed by atoms with Crippen LogP contribution < -0.4 is 10.2 Å². The van der Waals surface area contributed by atoms with E-state index >= 15 is 0 Å². The predicted octanol–water partition coefficient (Wildman–Crippen LogP) is 2.38. The number of nitrogens with zero attached hydrogens (tertiary/aromatic N) is 4. The van der Waals surface area contributed by atoms with Crippen LogP contribution in [0.2, 0.25) is 0 Å². The van der Waals surface area contributed by atoms with E-state index in [0.29, 0.717) is 0 Å². The minimum absolute atomic E-state index is 0.137. The maximum Gasteiger partial charge on any atom is 0.307 e. The molecule has 2 aromatic rings. The second-order valence-electron chi connectivity index (χ2n) is 6.35. The molecule has 134 valence electrons. The van der Waals surface area contributed by atoms with E-state index in [-0.39, 0.29) is 17.8 Å². The topological polar surface area (TPSA) is 84.2 Å². The zero-order valence-corrected chi connectivity index (χ0v) is 14.9. The lowest BCUT2D eigenvalue weighted by molar-refractivity contribution is 0.0896. The number of hydrogen-bond donors (Lipinski definition) is 1. The Kier molecular flexibility index (Phi) is 5.63. The van der Waals surface area contributed by atoms with Gasteiger partial charge in [-0.05, 0) is 25.7 Å². The summed E-state index contributed by atoms with van der Waals surface area (Å²) in [5, 5.41) is 3.03. The molecule has 1 fully saturated rings. The molecule has 3 rings (SSSR count). The van der Waals surface area contributed by atoms with Gasteiger partial charge in [0.25, 0.3) is 5.89 Å². The van der Waals surface area contributed by atoms with Crippen LogP contribution in [0.5, 0.6) is 0 Å². The molecule has 7 nitrogen and oxygen atoms in total. The van der Waals surface area contributed by atoms with E-state index in [1.807, 2.05) is 6.07 Å². The van der Waals surface area contributed by atoms with Crippen molar-refractivity contribution in [2.24, 2.45) is 0 Å². The van der Waals surface area contributed by atoms with Crippen molar-refractivity contribution in [1.82, 2.24) is 20.3 Å². The third kappa shape index (κ3) is 4.35. The highest BCUT2D eigenvalue weighted by Gasteiger charge is 2.23. The third-order valence-electron chi connectivity index (χ3n) is 4.48. The van der Waals surface area contributed by atoms with Gasteiger partial charge in [-0.2, -0.15) is 0 Å². The predicted molar refractivity (Wildman–Crippen MR) is 94.6 cm³/mol. The molecule has 0 bridgehead atoms. The smallest absolute Gasteiger partial charge is 0.307 e. The maximum atomic E-state index is 12.3. The third-order valence-corrected chi connectivity index (χ3v) is 4.48. The number of anilines is 1. The number of hydrogen-bond acceptors (Lipinski definition) is 6. The van der Waals surface area contributed by atoms with Crippen LogP contribution in [-0.4, -0.2) is 40.0 Å². The van der Waals surface area contributed by atoms with Crippen molar-refractivity contribution in [3.8, 4) is 0 Å². The van der Waals surface area contributed by atoms with Crippen LogP contribution in [0.1, 0.15) is 55.2 Å². The lowest BCUT2D eigenvalue weighted by Crippen LogP contribution is -2.45. The minimum atomic E-state index is -0.226. The van der Waals surface area contributed by atoms with Gasteiger partial charge in [0.1, 0.15) is 18.4 Å². The van der Waals surface area contributed by atoms with E-state index < -0.39 is 0 Å². The van der Waals surface area contributed by atoms with Crippen molar-refractivity contribution >= 4 is 11.7 Å². The molecule has 25 heavy (non-hydrogen) atoms. The van der Waals surface area contributed by atoms with Gasteiger partial charge in [-0.3, -0.25) is 4.79 Å². The summed E-state index contributed by atoms with van der Waals surface area (Å²) in [6.45, 7) is 5.88. The van der Waals surface area contributed by atoms with E-state index in [2.05, 4.69) is 39.0 Å². The Morgan fingerprint density at radius 1 is 1.28 bits per heavy atom. The van der Waals surface area contributed by atoms with Crippen molar-refractivity contribution < 1.29 is 9.21 Å². The van der Waals surface area contributed by atoms with Crippen molar-refractivity contribution in [2.45, 2.75) is 52.0 Å². The summed E-state index contributed by atoms with van der Waals surface area (Å²) in [5.41, 5.74) is 1.88. The van der Waals surface area contributed by atoms with E-state index in [0.717, 1.165) is 62.4 Å². The first-order valence-corrected chi connectivity index (χ1v) is 9.00. The lowest BCUT2D eigenvalue weighted by atomic mass is 10.0. The number of oxazole rings is 1. The lowest BCUT2D eigenvalue weighted by Gasteiger charge is -2.33. The first-order chi connectivity index (χ1) is 12.2. The molecule has 1 aliphatic heterocycles. The number of aromatic nitrogens is 3. The molecular weight excluding hydrogens is 318 g/mol. The van der Waals surface area contributed by atoms with Crippen LogP contribution in [0.4, 0.5) is 5.82 Å². The number of amides is 1. The first-order valence-electron chi connectivity index (χ1n) is 9.00. The summed E-state index contributed by atoms with van der Waals surface area (Å²) < 4.78 is 5.29. The van der Waals surface area contributed by atoms with Crippen molar-refractivity contribution in [3.63, 3.8) is 0 Å². The SMILES string of the molecule is CCCc1coc(C(=O)NC2CCN(c3cc(CC)ncn3)CC2)n1. The van der Waals surface area contributed by atoms with Gasteiger partial charge in [-0.25, -0.2) is 15.0 Å². The fourth-order valence-corrected chi connectivity index (χ4v) is 3.03. The molecule has 2 aromatic heterocycles. The maximum absolute atomic E-state index is 12.3. The van der Waals surface area contributed by atoms with Crippen LogP contribution in [0.15, 0.2) is 23.1 Å². The van der Waals surface area contributed by atoms with E-state index in [4.69, 9.17) is 4.42 Å². The standard InChI is InChI=1S/C18H25N5O2/c1-3-5-15-11-25-18(22-15)17(24)21-14-6-8-23(9-7-14)16-10-13(4-2)19-12-20-16/h10-12,14H,3-9H2,1-2H3,(H,21,24). The zero-order valence-electron chi connectivity index (χ0n) is 14.9. The Bertz CT molecular complexity index is 707. The molecule has 0 atom stereocenters. The number of carbonyl (C=O) groups excluding carboxylic acids is 1. The molecule has 0 aromatic carbocycles. The number of piperidine rings is 1. The number of nitrogens with one attached hydrogen (secondary N) is 1. The molecule has 0 unspecified atom stereocenters. The van der Waals surface area contributed by atoms with Crippen molar-refractivity contribution in [3.05, 3.63) is 35.9 Å². The zero-order chi connectivity index (χ0) is 17.6. The fraction of sp³-hybridized carbons (Fsp3) is 0.556. The first kappa shape index (κ1) is 17.4. The largest absolute Gasteiger partial charge is 0.441 e. The van der Waals surface area contributed by atoms with Gasteiger partial charge in [0.05, 0.1) is 5.69 Å². The Labute approximate surface area is 147 Å². The number of aryl methyl sites for hydroxylation is 2. The number of carbonyl (C=O) groups is 1. The van der Waals surface area contributed by atoms with Gasteiger partial charge in [0.2, 0.25) is 0 Å². The van der Waals surface area contributed by atoms with Crippen molar-refractivity contribution in [1.29, 1.82) is 0 Å². The molecule has 1 N–H and O–H groups in total. The highest BCUT2D eigenvalue weighted by molar-refractivity contribution is 5.89. The summed E-state index contributed by atoms with van der Waals surface area (Å²) in [4.78, 5) is 27.4. The number of rotatable bonds is 6. The van der Waals surface area contributed by atoms with Crippen LogP contribution >= 0.6 is 0 Å². The molecule has 7 heteroatoms. The van der Waals surface area contributed by atoms with Gasteiger partial charge >= 0.3 is 5.91 Å². The van der Waals surface area contributed by atoms with Gasteiger partial charge in [-0.1, -0.05) is 20.3 Å². The quantitative estimate of drug-likeness (QED) is 0.867. The minimum Gasteiger partial charge on any atom is -0.441 e. The van der Waals surface area contributed by atoms with Crippen LogP contribution in [-0.2, 0) is 12.8 Å². The molecule has 1 saturated heterocycles. The average Bonchev–Trinajstić information content (AvgIpc) is 3.11. The van der Waals surface area contributed by atoms with Gasteiger partial charge in [0.15, 0.2) is 0 Å². The van der Waals surface area contributed by atoms with Gasteiger partial charge < -0.3 is 14.6 Å². The Balaban J connectivity index is 1.52. The highest BCUT2D eigenvalue weighted by atomic mass is 16.4. The summed E-state index contributed by atoms with van der Waals surface area (Å²) >= 11 is 0. The summed E-state index contributed by atoms with van der Waals surface area (Å²) in [7, 11) is 0. The Morgan fingerprint density at radius 2 is 2.08 bits per heavy atom. The van der Waals surface area contributed by atoms with Gasteiger partial charge in [0, 0.05) is 30.9 Å². The Hall–Kier alpha value is -2.44. The molecule has 0 radical (unpaired) electrons. The van der Waals surface area contributed by atoms with Crippen LogP contribution in [0.25, 0.3) is 0 Å². The van der Waals surface area contributed by atoms with Crippen molar-refractivity contribution in [2.75, 3.05) is 18.0 Å². The average molecular weight is 343 g/mol. The fourth-order valence-electron chi connectivity index (χ4n) is 3.03. The van der Waals surface area contributed by atoms with Crippen LogP contribution in [0.3, 0.4) is 0 Å². The Morgan fingerprint density at radius 3 is 2.80 bits per heavy atom. The second kappa shape index (κ2) is 8.09. The highest BCUT2D eigenvalue weighted by Crippen LogP contribution is 2.18. The molecule has 1 aliphatic rings. The normalized spacial score (nSPS) is 15.4. The summed E-state index contributed by atoms with van der Waals surface area (Å²) in [5.74, 6) is 0.902.